The maximum atomic E-state index is 8.80. The van der Waals surface area contributed by atoms with E-state index in [0.717, 1.165) is 18.6 Å². The van der Waals surface area contributed by atoms with Gasteiger partial charge in [-0.25, -0.2) is 0 Å². The van der Waals surface area contributed by atoms with Crippen molar-refractivity contribution in [2.24, 2.45) is 0 Å². The van der Waals surface area contributed by atoms with Crippen molar-refractivity contribution in [3.8, 4) is 17.6 Å². The second-order valence-electron chi connectivity index (χ2n) is 4.75. The molecular weight excluding hydrogens is 236 g/mol. The Morgan fingerprint density at radius 1 is 1.05 bits per heavy atom. The van der Waals surface area contributed by atoms with E-state index in [4.69, 9.17) is 15.7 Å². The van der Waals surface area contributed by atoms with Crippen LogP contribution in [0.1, 0.15) is 23.1 Å². The van der Waals surface area contributed by atoms with Gasteiger partial charge in [-0.2, -0.15) is 5.26 Å². The summed E-state index contributed by atoms with van der Waals surface area (Å²) in [6, 6.07) is 13.3. The minimum absolute atomic E-state index is 0.486. The molecule has 19 heavy (non-hydrogen) atoms. The Morgan fingerprint density at radius 2 is 1.89 bits per heavy atom. The highest BCUT2D eigenvalue weighted by molar-refractivity contribution is 5.58. The number of hydrogen-bond donors (Lipinski definition) is 1. The number of nitrogen functional groups attached to an aromatic ring is 1. The van der Waals surface area contributed by atoms with E-state index in [2.05, 4.69) is 18.2 Å². The summed E-state index contributed by atoms with van der Waals surface area (Å²) in [5.74, 6) is 1.40. The Bertz CT molecular complexity index is 671. The summed E-state index contributed by atoms with van der Waals surface area (Å²) in [4.78, 5) is 0. The van der Waals surface area contributed by atoms with Crippen LogP contribution in [-0.4, -0.2) is 0 Å². The van der Waals surface area contributed by atoms with E-state index < -0.39 is 0 Å². The van der Waals surface area contributed by atoms with Gasteiger partial charge < -0.3 is 10.5 Å². The molecule has 3 nitrogen and oxygen atoms in total. The molecule has 3 rings (SSSR count). The van der Waals surface area contributed by atoms with Gasteiger partial charge in [0.2, 0.25) is 0 Å². The number of hydrogen-bond acceptors (Lipinski definition) is 3. The zero-order valence-electron chi connectivity index (χ0n) is 10.5. The Balaban J connectivity index is 1.87. The van der Waals surface area contributed by atoms with Crippen LogP contribution in [0.2, 0.25) is 0 Å². The first-order chi connectivity index (χ1) is 9.26. The molecule has 2 N–H and O–H groups in total. The van der Waals surface area contributed by atoms with E-state index in [0.29, 0.717) is 17.0 Å². The summed E-state index contributed by atoms with van der Waals surface area (Å²) in [7, 11) is 0. The van der Waals surface area contributed by atoms with Gasteiger partial charge in [0.1, 0.15) is 11.5 Å². The molecule has 1 aliphatic rings. The number of nitrogens with zero attached hydrogens (tertiary/aromatic N) is 1. The van der Waals surface area contributed by atoms with E-state index >= 15 is 0 Å². The number of fused-ring (bicyclic) bond motifs is 1. The molecule has 0 amide bonds. The second-order valence-corrected chi connectivity index (χ2v) is 4.75. The topological polar surface area (TPSA) is 59.0 Å². The molecule has 0 aliphatic heterocycles. The number of rotatable bonds is 2. The Labute approximate surface area is 112 Å². The minimum atomic E-state index is 0.486. The molecule has 0 unspecified atom stereocenters. The average Bonchev–Trinajstić information content (AvgIpc) is 2.88. The molecule has 0 saturated heterocycles. The molecule has 0 heterocycles. The van der Waals surface area contributed by atoms with Crippen molar-refractivity contribution in [1.82, 2.24) is 0 Å². The smallest absolute Gasteiger partial charge is 0.150 e. The largest absolute Gasteiger partial charge is 0.455 e. The van der Waals surface area contributed by atoms with Crippen molar-refractivity contribution in [3.63, 3.8) is 0 Å². The van der Waals surface area contributed by atoms with Gasteiger partial charge in [-0.15, -0.1) is 0 Å². The van der Waals surface area contributed by atoms with Crippen LogP contribution in [-0.2, 0) is 12.8 Å². The van der Waals surface area contributed by atoms with Crippen molar-refractivity contribution >= 4 is 5.69 Å². The molecular formula is C16H14N2O. The molecule has 94 valence electrons. The molecule has 0 aromatic heterocycles. The fraction of sp³-hybridized carbons (Fsp3) is 0.188. The lowest BCUT2D eigenvalue weighted by Crippen LogP contribution is -1.93. The SMILES string of the molecule is N#Cc1ccc(Oc2ccc3c(c2)CCC3)c(N)c1. The van der Waals surface area contributed by atoms with Crippen LogP contribution in [0.25, 0.3) is 0 Å². The molecule has 0 atom stereocenters. The van der Waals surface area contributed by atoms with Crippen LogP contribution in [0.5, 0.6) is 11.5 Å². The van der Waals surface area contributed by atoms with Crippen molar-refractivity contribution < 1.29 is 4.74 Å². The molecule has 2 aromatic rings. The van der Waals surface area contributed by atoms with Gasteiger partial charge in [-0.3, -0.25) is 0 Å². The van der Waals surface area contributed by atoms with Crippen molar-refractivity contribution in [3.05, 3.63) is 53.1 Å². The van der Waals surface area contributed by atoms with E-state index in [-0.39, 0.29) is 0 Å². The number of ether oxygens (including phenoxy) is 1. The Hall–Kier alpha value is -2.47. The second kappa shape index (κ2) is 4.66. The summed E-state index contributed by atoms with van der Waals surface area (Å²) in [5.41, 5.74) is 9.69. The van der Waals surface area contributed by atoms with Crippen LogP contribution >= 0.6 is 0 Å². The van der Waals surface area contributed by atoms with Crippen LogP contribution < -0.4 is 10.5 Å². The Morgan fingerprint density at radius 3 is 2.68 bits per heavy atom. The standard InChI is InChI=1S/C16H14N2O/c17-10-11-4-7-16(15(18)8-11)19-14-6-5-12-2-1-3-13(12)9-14/h4-9H,1-3,18H2. The summed E-state index contributed by atoms with van der Waals surface area (Å²) < 4.78 is 5.80. The number of anilines is 1. The number of aryl methyl sites for hydroxylation is 2. The molecule has 2 aromatic carbocycles. The quantitative estimate of drug-likeness (QED) is 0.831. The fourth-order valence-corrected chi connectivity index (χ4v) is 2.45. The highest BCUT2D eigenvalue weighted by atomic mass is 16.5. The van der Waals surface area contributed by atoms with E-state index in [9.17, 15) is 0 Å². The van der Waals surface area contributed by atoms with Crippen LogP contribution in [0.15, 0.2) is 36.4 Å². The first-order valence-electron chi connectivity index (χ1n) is 6.35. The number of nitriles is 1. The predicted molar refractivity (Wildman–Crippen MR) is 74.1 cm³/mol. The summed E-state index contributed by atoms with van der Waals surface area (Å²) >= 11 is 0. The molecule has 0 bridgehead atoms. The van der Waals surface area contributed by atoms with Gasteiger partial charge in [-0.1, -0.05) is 6.07 Å². The maximum Gasteiger partial charge on any atom is 0.150 e. The van der Waals surface area contributed by atoms with Gasteiger partial charge in [0, 0.05) is 0 Å². The van der Waals surface area contributed by atoms with Crippen LogP contribution in [0.4, 0.5) is 5.69 Å². The van der Waals surface area contributed by atoms with Crippen LogP contribution in [0, 0.1) is 11.3 Å². The van der Waals surface area contributed by atoms with Gasteiger partial charge in [0.15, 0.2) is 0 Å². The molecule has 0 saturated carbocycles. The first kappa shape index (κ1) is 11.6. The third-order valence-corrected chi connectivity index (χ3v) is 3.44. The third-order valence-electron chi connectivity index (χ3n) is 3.44. The minimum Gasteiger partial charge on any atom is -0.455 e. The lowest BCUT2D eigenvalue weighted by Gasteiger charge is -2.10. The van der Waals surface area contributed by atoms with E-state index in [1.165, 1.54) is 17.5 Å². The first-order valence-corrected chi connectivity index (χ1v) is 6.35. The summed E-state index contributed by atoms with van der Waals surface area (Å²) in [5, 5.41) is 8.80. The summed E-state index contributed by atoms with van der Waals surface area (Å²) in [6.45, 7) is 0. The predicted octanol–water partition coefficient (Wildman–Crippen LogP) is 3.42. The van der Waals surface area contributed by atoms with Gasteiger partial charge >= 0.3 is 0 Å². The molecule has 0 fully saturated rings. The summed E-state index contributed by atoms with van der Waals surface area (Å²) in [6.07, 6.45) is 3.50. The number of benzene rings is 2. The lowest BCUT2D eigenvalue weighted by molar-refractivity contribution is 0.484. The molecule has 3 heteroatoms. The van der Waals surface area contributed by atoms with Gasteiger partial charge in [0.25, 0.3) is 0 Å². The Kier molecular flexibility index (Phi) is 2.85. The van der Waals surface area contributed by atoms with Crippen molar-refractivity contribution in [2.75, 3.05) is 5.73 Å². The average molecular weight is 250 g/mol. The highest BCUT2D eigenvalue weighted by Gasteiger charge is 2.12. The lowest BCUT2D eigenvalue weighted by atomic mass is 10.1. The third kappa shape index (κ3) is 2.25. The van der Waals surface area contributed by atoms with Gasteiger partial charge in [-0.05, 0) is 60.7 Å². The molecule has 1 aliphatic carbocycles. The van der Waals surface area contributed by atoms with Gasteiger partial charge in [0.05, 0.1) is 17.3 Å². The van der Waals surface area contributed by atoms with Crippen molar-refractivity contribution in [2.45, 2.75) is 19.3 Å². The van der Waals surface area contributed by atoms with Crippen LogP contribution in [0.3, 0.4) is 0 Å². The fourth-order valence-electron chi connectivity index (χ4n) is 2.45. The monoisotopic (exact) mass is 250 g/mol. The highest BCUT2D eigenvalue weighted by Crippen LogP contribution is 2.31. The maximum absolute atomic E-state index is 8.80. The molecule has 0 radical (unpaired) electrons. The van der Waals surface area contributed by atoms with E-state index in [1.54, 1.807) is 18.2 Å². The normalized spacial score (nSPS) is 12.8. The van der Waals surface area contributed by atoms with E-state index in [1.807, 2.05) is 6.07 Å². The number of nitrogens with two attached hydrogens (primary N) is 1. The zero-order valence-corrected chi connectivity index (χ0v) is 10.5. The van der Waals surface area contributed by atoms with Crippen molar-refractivity contribution in [1.29, 1.82) is 5.26 Å². The zero-order chi connectivity index (χ0) is 13.2. The molecule has 0 spiro atoms.